The Kier molecular flexibility index (Phi) is 2.59. The average Bonchev–Trinajstić information content (AvgIpc) is 2.26. The molecule has 0 N–H and O–H groups in total. The molecule has 1 aliphatic rings. The highest BCUT2D eigenvalue weighted by Gasteiger charge is 2.15. The van der Waals surface area contributed by atoms with E-state index in [-0.39, 0.29) is 0 Å². The quantitative estimate of drug-likeness (QED) is 0.681. The van der Waals surface area contributed by atoms with E-state index in [2.05, 4.69) is 6.58 Å². The molecule has 1 aliphatic heterocycles. The van der Waals surface area contributed by atoms with Crippen LogP contribution in [0.15, 0.2) is 60.6 Å². The lowest BCUT2D eigenvalue weighted by Gasteiger charge is -2.19. The van der Waals surface area contributed by atoms with Gasteiger partial charge in [-0.1, -0.05) is 30.9 Å². The number of allylic oxidation sites excluding steroid dienone is 4. The summed E-state index contributed by atoms with van der Waals surface area (Å²) in [5, 5.41) is 0. The van der Waals surface area contributed by atoms with Gasteiger partial charge in [0.1, 0.15) is 5.76 Å². The average molecular weight is 200 g/mol. The van der Waals surface area contributed by atoms with Crippen molar-refractivity contribution in [2.75, 3.05) is 0 Å². The van der Waals surface area contributed by atoms with Crippen LogP contribution in [0.2, 0.25) is 0 Å². The summed E-state index contributed by atoms with van der Waals surface area (Å²) in [5.74, 6) is 2.97. The third kappa shape index (κ3) is 1.94. The summed E-state index contributed by atoms with van der Waals surface area (Å²) in [5.41, 5.74) is 0. The van der Waals surface area contributed by atoms with Crippen LogP contribution >= 0.6 is 0 Å². The highest BCUT2D eigenvalue weighted by atomic mass is 16.6. The first-order valence-corrected chi connectivity index (χ1v) is 4.76. The zero-order valence-electron chi connectivity index (χ0n) is 8.57. The van der Waals surface area contributed by atoms with E-state index in [1.807, 2.05) is 43.3 Å². The predicted molar refractivity (Wildman–Crippen MR) is 59.7 cm³/mol. The lowest BCUT2D eigenvalue weighted by Crippen LogP contribution is -2.08. The van der Waals surface area contributed by atoms with Gasteiger partial charge in [-0.15, -0.1) is 0 Å². The topological polar surface area (TPSA) is 18.5 Å². The first-order chi connectivity index (χ1) is 7.31. The molecule has 0 spiro atoms. The molecule has 2 heteroatoms. The molecule has 0 amide bonds. The van der Waals surface area contributed by atoms with Gasteiger partial charge in [0.25, 0.3) is 0 Å². The maximum atomic E-state index is 5.67. The van der Waals surface area contributed by atoms with Crippen molar-refractivity contribution in [1.82, 2.24) is 0 Å². The van der Waals surface area contributed by atoms with Gasteiger partial charge in [0.2, 0.25) is 0 Å². The molecule has 0 saturated carbocycles. The zero-order valence-corrected chi connectivity index (χ0v) is 8.57. The molecular weight excluding hydrogens is 188 g/mol. The lowest BCUT2D eigenvalue weighted by atomic mass is 10.2. The van der Waals surface area contributed by atoms with Crippen LogP contribution in [0.3, 0.4) is 0 Å². The Morgan fingerprint density at radius 3 is 2.47 bits per heavy atom. The van der Waals surface area contributed by atoms with E-state index >= 15 is 0 Å². The third-order valence-corrected chi connectivity index (χ3v) is 2.06. The lowest BCUT2D eigenvalue weighted by molar-refractivity contribution is 0.306. The van der Waals surface area contributed by atoms with Gasteiger partial charge in [0.05, 0.1) is 0 Å². The first kappa shape index (κ1) is 9.59. The van der Waals surface area contributed by atoms with Crippen LogP contribution in [0.25, 0.3) is 0 Å². The molecule has 2 nitrogen and oxygen atoms in total. The fraction of sp³-hybridized carbons (Fsp3) is 0.0769. The van der Waals surface area contributed by atoms with Crippen LogP contribution in [-0.2, 0) is 0 Å². The predicted octanol–water partition coefficient (Wildman–Crippen LogP) is 3.43. The summed E-state index contributed by atoms with van der Waals surface area (Å²) in [6, 6.07) is 7.59. The molecule has 15 heavy (non-hydrogen) atoms. The maximum absolute atomic E-state index is 5.67. The van der Waals surface area contributed by atoms with Crippen LogP contribution in [0.5, 0.6) is 11.5 Å². The highest BCUT2D eigenvalue weighted by molar-refractivity contribution is 5.45. The monoisotopic (exact) mass is 200 g/mol. The molecule has 1 aromatic rings. The summed E-state index contributed by atoms with van der Waals surface area (Å²) in [4.78, 5) is 0. The van der Waals surface area contributed by atoms with Crippen molar-refractivity contribution in [2.45, 2.75) is 6.92 Å². The van der Waals surface area contributed by atoms with E-state index in [1.54, 1.807) is 6.08 Å². The van der Waals surface area contributed by atoms with Gasteiger partial charge in [-0.3, -0.25) is 0 Å². The van der Waals surface area contributed by atoms with Crippen molar-refractivity contribution in [3.05, 3.63) is 60.6 Å². The van der Waals surface area contributed by atoms with Gasteiger partial charge in [0.15, 0.2) is 17.3 Å². The minimum atomic E-state index is 0.716. The highest BCUT2D eigenvalue weighted by Crippen LogP contribution is 2.34. The molecule has 0 atom stereocenters. The van der Waals surface area contributed by atoms with Gasteiger partial charge in [-0.25, -0.2) is 0 Å². The molecule has 0 aliphatic carbocycles. The summed E-state index contributed by atoms with van der Waals surface area (Å²) in [6.45, 7) is 5.48. The van der Waals surface area contributed by atoms with Gasteiger partial charge in [-0.05, 0) is 25.1 Å². The second kappa shape index (κ2) is 4.05. The fourth-order valence-electron chi connectivity index (χ4n) is 1.33. The van der Waals surface area contributed by atoms with Crippen molar-refractivity contribution in [1.29, 1.82) is 0 Å². The Morgan fingerprint density at radius 2 is 1.80 bits per heavy atom. The van der Waals surface area contributed by atoms with Crippen molar-refractivity contribution in [3.63, 3.8) is 0 Å². The Morgan fingerprint density at radius 1 is 1.13 bits per heavy atom. The van der Waals surface area contributed by atoms with E-state index in [0.29, 0.717) is 5.76 Å². The summed E-state index contributed by atoms with van der Waals surface area (Å²) >= 11 is 0. The second-order valence-electron chi connectivity index (χ2n) is 3.17. The van der Waals surface area contributed by atoms with Crippen LogP contribution in [0.1, 0.15) is 6.92 Å². The molecule has 0 saturated heterocycles. The van der Waals surface area contributed by atoms with Crippen molar-refractivity contribution in [2.24, 2.45) is 0 Å². The maximum Gasteiger partial charge on any atom is 0.170 e. The van der Waals surface area contributed by atoms with Gasteiger partial charge in [0, 0.05) is 0 Å². The number of fused-ring (bicyclic) bond motifs is 1. The summed E-state index contributed by atoms with van der Waals surface area (Å²) < 4.78 is 11.3. The number of para-hydroxylation sites is 2. The molecule has 0 fully saturated rings. The Labute approximate surface area is 89.1 Å². The minimum Gasteiger partial charge on any atom is -0.454 e. The Balaban J connectivity index is 2.31. The first-order valence-electron chi connectivity index (χ1n) is 4.76. The summed E-state index contributed by atoms with van der Waals surface area (Å²) in [7, 11) is 0. The van der Waals surface area contributed by atoms with Crippen molar-refractivity contribution in [3.8, 4) is 11.5 Å². The zero-order chi connectivity index (χ0) is 10.7. The van der Waals surface area contributed by atoms with Crippen LogP contribution in [0.4, 0.5) is 0 Å². The van der Waals surface area contributed by atoms with Crippen LogP contribution in [0, 0.1) is 0 Å². The molecule has 1 aromatic carbocycles. The fourth-order valence-corrected chi connectivity index (χ4v) is 1.33. The minimum absolute atomic E-state index is 0.716. The van der Waals surface area contributed by atoms with E-state index in [1.165, 1.54) is 0 Å². The SMILES string of the molecule is C=CC=CC1=C(C)Oc2ccccc2O1. The molecule has 0 aromatic heterocycles. The Bertz CT molecular complexity index is 442. The van der Waals surface area contributed by atoms with Gasteiger partial charge in [-0.2, -0.15) is 0 Å². The summed E-state index contributed by atoms with van der Waals surface area (Å²) in [6.07, 6.45) is 5.35. The van der Waals surface area contributed by atoms with Crippen LogP contribution < -0.4 is 9.47 Å². The third-order valence-electron chi connectivity index (χ3n) is 2.06. The van der Waals surface area contributed by atoms with E-state index in [4.69, 9.17) is 9.47 Å². The van der Waals surface area contributed by atoms with Crippen molar-refractivity contribution < 1.29 is 9.47 Å². The normalized spacial score (nSPS) is 14.5. The molecule has 76 valence electrons. The number of hydrogen-bond donors (Lipinski definition) is 0. The van der Waals surface area contributed by atoms with Gasteiger partial charge < -0.3 is 9.47 Å². The largest absolute Gasteiger partial charge is 0.454 e. The Hall–Kier alpha value is -1.96. The van der Waals surface area contributed by atoms with E-state index < -0.39 is 0 Å². The number of benzene rings is 1. The second-order valence-corrected chi connectivity index (χ2v) is 3.17. The van der Waals surface area contributed by atoms with Crippen molar-refractivity contribution >= 4 is 0 Å². The molecule has 1 heterocycles. The van der Waals surface area contributed by atoms with E-state index in [0.717, 1.165) is 17.3 Å². The molecule has 0 radical (unpaired) electrons. The molecule has 0 bridgehead atoms. The number of ether oxygens (including phenoxy) is 2. The molecular formula is C13H12O2. The smallest absolute Gasteiger partial charge is 0.170 e. The standard InChI is InChI=1S/C13H12O2/c1-3-4-7-11-10(2)14-12-8-5-6-9-13(12)15-11/h3-9H,1H2,2H3. The number of rotatable bonds is 2. The molecule has 0 unspecified atom stereocenters. The van der Waals surface area contributed by atoms with Crippen LogP contribution in [-0.4, -0.2) is 0 Å². The molecule has 2 rings (SSSR count). The van der Waals surface area contributed by atoms with E-state index in [9.17, 15) is 0 Å². The van der Waals surface area contributed by atoms with Gasteiger partial charge >= 0.3 is 0 Å². The number of hydrogen-bond acceptors (Lipinski definition) is 2.